The molecule has 6 nitrogen and oxygen atoms in total. The number of methoxy groups -OCH3 is 1. The van der Waals surface area contributed by atoms with E-state index in [-0.39, 0.29) is 11.8 Å². The van der Waals surface area contributed by atoms with E-state index in [0.29, 0.717) is 51.8 Å². The molecule has 6 heteroatoms. The Morgan fingerprint density at radius 3 is 2.32 bits per heavy atom. The molecule has 0 saturated carbocycles. The van der Waals surface area contributed by atoms with Gasteiger partial charge in [0, 0.05) is 45.4 Å². The molecule has 1 fully saturated rings. The normalized spacial score (nSPS) is 15.4. The summed E-state index contributed by atoms with van der Waals surface area (Å²) in [7, 11) is 1.61. The summed E-state index contributed by atoms with van der Waals surface area (Å²) in [6, 6.07) is 7.87. The average Bonchev–Trinajstić information content (AvgIpc) is 2.62. The van der Waals surface area contributed by atoms with E-state index in [1.54, 1.807) is 7.11 Å². The van der Waals surface area contributed by atoms with Gasteiger partial charge in [0.15, 0.2) is 0 Å². The molecule has 0 atom stereocenters. The van der Waals surface area contributed by atoms with E-state index in [0.717, 1.165) is 5.56 Å². The molecule has 1 saturated heterocycles. The van der Waals surface area contributed by atoms with Crippen LogP contribution in [0.25, 0.3) is 0 Å². The zero-order valence-corrected chi connectivity index (χ0v) is 15.5. The third-order valence-electron chi connectivity index (χ3n) is 4.48. The molecular weight excluding hydrogens is 318 g/mol. The van der Waals surface area contributed by atoms with Gasteiger partial charge >= 0.3 is 0 Å². The second-order valence-electron chi connectivity index (χ2n) is 6.69. The van der Waals surface area contributed by atoms with Crippen molar-refractivity contribution in [2.24, 2.45) is 0 Å². The number of hydrogen-bond acceptors (Lipinski definition) is 4. The SMILES string of the molecule is COCCNC(=O)CN1CCN(C(=O)c2ccc(C(C)C)cc2)CC1. The molecule has 0 unspecified atom stereocenters. The Bertz CT molecular complexity index is 564. The van der Waals surface area contributed by atoms with Gasteiger partial charge in [-0.25, -0.2) is 0 Å². The molecule has 0 radical (unpaired) electrons. The molecule has 1 aromatic carbocycles. The van der Waals surface area contributed by atoms with E-state index < -0.39 is 0 Å². The van der Waals surface area contributed by atoms with Gasteiger partial charge in [-0.3, -0.25) is 14.5 Å². The van der Waals surface area contributed by atoms with Gasteiger partial charge in [-0.1, -0.05) is 26.0 Å². The van der Waals surface area contributed by atoms with Gasteiger partial charge in [-0.2, -0.15) is 0 Å². The minimum Gasteiger partial charge on any atom is -0.383 e. The van der Waals surface area contributed by atoms with Crippen LogP contribution in [-0.2, 0) is 9.53 Å². The molecule has 1 N–H and O–H groups in total. The predicted molar refractivity (Wildman–Crippen MR) is 97.8 cm³/mol. The lowest BCUT2D eigenvalue weighted by atomic mass is 10.0. The van der Waals surface area contributed by atoms with Crippen LogP contribution < -0.4 is 5.32 Å². The molecule has 0 spiro atoms. The molecule has 2 amide bonds. The third-order valence-corrected chi connectivity index (χ3v) is 4.48. The van der Waals surface area contributed by atoms with Crippen molar-refractivity contribution in [1.29, 1.82) is 0 Å². The fourth-order valence-corrected chi connectivity index (χ4v) is 2.85. The summed E-state index contributed by atoms with van der Waals surface area (Å²) < 4.78 is 4.91. The van der Waals surface area contributed by atoms with Crippen molar-refractivity contribution in [3.05, 3.63) is 35.4 Å². The lowest BCUT2D eigenvalue weighted by Crippen LogP contribution is -2.51. The zero-order valence-electron chi connectivity index (χ0n) is 15.5. The maximum absolute atomic E-state index is 12.6. The minimum absolute atomic E-state index is 0.00102. The number of nitrogens with one attached hydrogen (secondary N) is 1. The molecule has 1 heterocycles. The molecule has 1 aliphatic rings. The van der Waals surface area contributed by atoms with Crippen LogP contribution in [0.4, 0.5) is 0 Å². The molecule has 1 aromatic rings. The fourth-order valence-electron chi connectivity index (χ4n) is 2.85. The van der Waals surface area contributed by atoms with Crippen molar-refractivity contribution in [1.82, 2.24) is 15.1 Å². The molecule has 2 rings (SSSR count). The van der Waals surface area contributed by atoms with E-state index in [9.17, 15) is 9.59 Å². The average molecular weight is 347 g/mol. The molecule has 0 aliphatic carbocycles. The van der Waals surface area contributed by atoms with E-state index in [2.05, 4.69) is 24.1 Å². The molecule has 0 aromatic heterocycles. The standard InChI is InChI=1S/C19H29N3O3/c1-15(2)16-4-6-17(7-5-16)19(24)22-11-9-21(10-12-22)14-18(23)20-8-13-25-3/h4-7,15H,8-14H2,1-3H3,(H,20,23). The van der Waals surface area contributed by atoms with Crippen LogP contribution in [0.15, 0.2) is 24.3 Å². The summed E-state index contributed by atoms with van der Waals surface area (Å²) in [4.78, 5) is 28.4. The number of rotatable bonds is 7. The van der Waals surface area contributed by atoms with Gasteiger partial charge in [-0.05, 0) is 23.6 Å². The van der Waals surface area contributed by atoms with Crippen LogP contribution in [0.3, 0.4) is 0 Å². The van der Waals surface area contributed by atoms with Crippen molar-refractivity contribution in [3.8, 4) is 0 Å². The number of carbonyl (C=O) groups excluding carboxylic acids is 2. The Kier molecular flexibility index (Phi) is 7.40. The molecular formula is C19H29N3O3. The van der Waals surface area contributed by atoms with Gasteiger partial charge in [-0.15, -0.1) is 0 Å². The first kappa shape index (κ1) is 19.4. The second-order valence-corrected chi connectivity index (χ2v) is 6.69. The second kappa shape index (κ2) is 9.53. The molecule has 138 valence electrons. The summed E-state index contributed by atoms with van der Waals surface area (Å²) in [5.74, 6) is 0.531. The maximum atomic E-state index is 12.6. The Balaban J connectivity index is 1.79. The van der Waals surface area contributed by atoms with Gasteiger partial charge in [0.05, 0.1) is 13.2 Å². The summed E-state index contributed by atoms with van der Waals surface area (Å²) in [5.41, 5.74) is 1.97. The first-order valence-electron chi connectivity index (χ1n) is 8.88. The lowest BCUT2D eigenvalue weighted by molar-refractivity contribution is -0.122. The highest BCUT2D eigenvalue weighted by molar-refractivity contribution is 5.94. The number of piperazine rings is 1. The Morgan fingerprint density at radius 1 is 1.12 bits per heavy atom. The van der Waals surface area contributed by atoms with Crippen LogP contribution in [0.5, 0.6) is 0 Å². The quantitative estimate of drug-likeness (QED) is 0.756. The van der Waals surface area contributed by atoms with E-state index in [1.165, 1.54) is 5.56 Å². The summed E-state index contributed by atoms with van der Waals surface area (Å²) in [5, 5.41) is 2.82. The Labute approximate surface area is 150 Å². The Hall–Kier alpha value is -1.92. The number of benzene rings is 1. The van der Waals surface area contributed by atoms with Crippen molar-refractivity contribution >= 4 is 11.8 Å². The minimum atomic E-state index is 0.00102. The number of hydrogen-bond donors (Lipinski definition) is 1. The van der Waals surface area contributed by atoms with Crippen LogP contribution in [0, 0.1) is 0 Å². The monoisotopic (exact) mass is 347 g/mol. The van der Waals surface area contributed by atoms with Gasteiger partial charge < -0.3 is 15.0 Å². The van der Waals surface area contributed by atoms with Gasteiger partial charge in [0.2, 0.25) is 5.91 Å². The highest BCUT2D eigenvalue weighted by Gasteiger charge is 2.23. The summed E-state index contributed by atoms with van der Waals surface area (Å²) in [6.45, 7) is 8.43. The molecule has 1 aliphatic heterocycles. The summed E-state index contributed by atoms with van der Waals surface area (Å²) >= 11 is 0. The van der Waals surface area contributed by atoms with Crippen LogP contribution in [-0.4, -0.2) is 74.6 Å². The smallest absolute Gasteiger partial charge is 0.253 e. The molecule has 0 bridgehead atoms. The topological polar surface area (TPSA) is 61.9 Å². The zero-order chi connectivity index (χ0) is 18.2. The van der Waals surface area contributed by atoms with Crippen LogP contribution in [0.1, 0.15) is 35.7 Å². The highest BCUT2D eigenvalue weighted by Crippen LogP contribution is 2.16. The molecule has 25 heavy (non-hydrogen) atoms. The third kappa shape index (κ3) is 5.83. The fraction of sp³-hybridized carbons (Fsp3) is 0.579. The first-order valence-corrected chi connectivity index (χ1v) is 8.88. The predicted octanol–water partition coefficient (Wildman–Crippen LogP) is 1.33. The van der Waals surface area contributed by atoms with Crippen molar-refractivity contribution in [3.63, 3.8) is 0 Å². The number of carbonyl (C=O) groups is 2. The Morgan fingerprint density at radius 2 is 1.76 bits per heavy atom. The lowest BCUT2D eigenvalue weighted by Gasteiger charge is -2.34. The van der Waals surface area contributed by atoms with Crippen LogP contribution in [0.2, 0.25) is 0 Å². The first-order chi connectivity index (χ1) is 12.0. The van der Waals surface area contributed by atoms with E-state index >= 15 is 0 Å². The number of amides is 2. The van der Waals surface area contributed by atoms with Crippen molar-refractivity contribution in [2.75, 3.05) is 53.0 Å². The van der Waals surface area contributed by atoms with Crippen molar-refractivity contribution < 1.29 is 14.3 Å². The van der Waals surface area contributed by atoms with Gasteiger partial charge in [0.25, 0.3) is 5.91 Å². The van der Waals surface area contributed by atoms with E-state index in [1.807, 2.05) is 29.2 Å². The van der Waals surface area contributed by atoms with Crippen molar-refractivity contribution in [2.45, 2.75) is 19.8 Å². The maximum Gasteiger partial charge on any atom is 0.253 e. The largest absolute Gasteiger partial charge is 0.383 e. The van der Waals surface area contributed by atoms with Gasteiger partial charge in [0.1, 0.15) is 0 Å². The van der Waals surface area contributed by atoms with Crippen LogP contribution >= 0.6 is 0 Å². The van der Waals surface area contributed by atoms with E-state index in [4.69, 9.17) is 4.74 Å². The highest BCUT2D eigenvalue weighted by atomic mass is 16.5. The number of ether oxygens (including phenoxy) is 1. The summed E-state index contributed by atoms with van der Waals surface area (Å²) in [6.07, 6.45) is 0. The number of nitrogens with zero attached hydrogens (tertiary/aromatic N) is 2.